The fourth-order valence-corrected chi connectivity index (χ4v) is 2.97. The Kier molecular flexibility index (Phi) is 6.62. The summed E-state index contributed by atoms with van der Waals surface area (Å²) in [7, 11) is 0. The molecule has 3 aromatic rings. The minimum atomic E-state index is -0.565. The Morgan fingerprint density at radius 1 is 1.17 bits per heavy atom. The Morgan fingerprint density at radius 3 is 2.62 bits per heavy atom. The van der Waals surface area contributed by atoms with E-state index in [-0.39, 0.29) is 23.9 Å². The first kappa shape index (κ1) is 20.6. The van der Waals surface area contributed by atoms with Crippen molar-refractivity contribution in [2.24, 2.45) is 0 Å². The molecular weight excluding hydrogens is 416 g/mol. The molecule has 2 heterocycles. The van der Waals surface area contributed by atoms with Crippen molar-refractivity contribution in [1.82, 2.24) is 24.9 Å². The van der Waals surface area contributed by atoms with Gasteiger partial charge < -0.3 is 21.5 Å². The molecule has 0 unspecified atom stereocenters. The summed E-state index contributed by atoms with van der Waals surface area (Å²) in [5, 5.41) is 4.02. The van der Waals surface area contributed by atoms with Crippen molar-refractivity contribution in [3.63, 3.8) is 0 Å². The number of aromatic nitrogens is 5. The van der Waals surface area contributed by atoms with Gasteiger partial charge in [0.25, 0.3) is 0 Å². The molecule has 0 saturated heterocycles. The molecule has 0 saturated carbocycles. The van der Waals surface area contributed by atoms with E-state index in [2.05, 4.69) is 30.2 Å². The number of nitrogens with zero attached hydrogens (tertiary/aromatic N) is 5. The van der Waals surface area contributed by atoms with Crippen molar-refractivity contribution in [3.05, 3.63) is 46.9 Å². The van der Waals surface area contributed by atoms with Crippen LogP contribution in [-0.2, 0) is 10.5 Å². The van der Waals surface area contributed by atoms with Crippen molar-refractivity contribution in [3.8, 4) is 0 Å². The van der Waals surface area contributed by atoms with Gasteiger partial charge in [0.15, 0.2) is 5.16 Å². The highest BCUT2D eigenvalue weighted by molar-refractivity contribution is 7.98. The third-order valence-electron chi connectivity index (χ3n) is 3.42. The van der Waals surface area contributed by atoms with E-state index in [4.69, 9.17) is 27.8 Å². The molecule has 1 aromatic carbocycles. The number of ether oxygens (including phenoxy) is 1. The summed E-state index contributed by atoms with van der Waals surface area (Å²) in [6.45, 7) is 1.94. The lowest BCUT2D eigenvalue weighted by molar-refractivity contribution is 0.0526. The maximum absolute atomic E-state index is 11.8. The first-order valence-electron chi connectivity index (χ1n) is 8.40. The lowest BCUT2D eigenvalue weighted by Gasteiger charge is -2.08. The molecule has 0 bridgehead atoms. The van der Waals surface area contributed by atoms with Crippen molar-refractivity contribution in [2.75, 3.05) is 23.4 Å². The molecule has 0 fully saturated rings. The van der Waals surface area contributed by atoms with Crippen LogP contribution in [0.4, 0.5) is 23.4 Å². The highest BCUT2D eigenvalue weighted by Gasteiger charge is 2.14. The van der Waals surface area contributed by atoms with Crippen LogP contribution in [-0.4, -0.2) is 37.5 Å². The third kappa shape index (κ3) is 5.65. The van der Waals surface area contributed by atoms with Crippen LogP contribution in [0.15, 0.2) is 35.6 Å². The highest BCUT2D eigenvalue weighted by atomic mass is 35.5. The maximum Gasteiger partial charge on any atom is 0.343 e. The maximum atomic E-state index is 11.8. The van der Waals surface area contributed by atoms with Gasteiger partial charge in [-0.3, -0.25) is 0 Å². The van der Waals surface area contributed by atoms with E-state index >= 15 is 0 Å². The molecular formula is C17H17ClN8O2S. The SMILES string of the molecule is CCOC(=O)c1cnc(SCc2nc(N)nc(Nc3ccc(Cl)cc3)n2)nc1N. The number of esters is 1. The van der Waals surface area contributed by atoms with Gasteiger partial charge in [-0.05, 0) is 31.2 Å². The summed E-state index contributed by atoms with van der Waals surface area (Å²) in [5.74, 6) is 0.598. The Bertz CT molecular complexity index is 1020. The van der Waals surface area contributed by atoms with Crippen LogP contribution in [0.25, 0.3) is 0 Å². The third-order valence-corrected chi connectivity index (χ3v) is 4.53. The van der Waals surface area contributed by atoms with Crippen LogP contribution < -0.4 is 16.8 Å². The summed E-state index contributed by atoms with van der Waals surface area (Å²) in [6.07, 6.45) is 1.33. The lowest BCUT2D eigenvalue weighted by atomic mass is 10.3. The number of anilines is 4. The average Bonchev–Trinajstić information content (AvgIpc) is 2.68. The number of nitrogens with one attached hydrogen (secondary N) is 1. The van der Waals surface area contributed by atoms with Gasteiger partial charge in [-0.2, -0.15) is 15.0 Å². The van der Waals surface area contributed by atoms with E-state index in [1.165, 1.54) is 18.0 Å². The van der Waals surface area contributed by atoms with Crippen molar-refractivity contribution < 1.29 is 9.53 Å². The molecule has 5 N–H and O–H groups in total. The largest absolute Gasteiger partial charge is 0.462 e. The first-order chi connectivity index (χ1) is 13.9. The van der Waals surface area contributed by atoms with Crippen molar-refractivity contribution in [2.45, 2.75) is 17.8 Å². The number of rotatable bonds is 7. The quantitative estimate of drug-likeness (QED) is 0.286. The molecule has 2 aromatic heterocycles. The molecule has 0 aliphatic carbocycles. The zero-order chi connectivity index (χ0) is 20.8. The Balaban J connectivity index is 1.69. The van der Waals surface area contributed by atoms with Crippen molar-refractivity contribution >= 4 is 52.7 Å². The van der Waals surface area contributed by atoms with E-state index < -0.39 is 5.97 Å². The minimum Gasteiger partial charge on any atom is -0.462 e. The van der Waals surface area contributed by atoms with Gasteiger partial charge in [0.1, 0.15) is 17.2 Å². The van der Waals surface area contributed by atoms with Crippen LogP contribution in [0.3, 0.4) is 0 Å². The topological polar surface area (TPSA) is 155 Å². The van der Waals surface area contributed by atoms with Gasteiger partial charge >= 0.3 is 5.97 Å². The van der Waals surface area contributed by atoms with E-state index in [1.54, 1.807) is 31.2 Å². The zero-order valence-electron chi connectivity index (χ0n) is 15.3. The Hall–Kier alpha value is -3.18. The smallest absolute Gasteiger partial charge is 0.343 e. The summed E-state index contributed by atoms with van der Waals surface area (Å²) >= 11 is 7.12. The van der Waals surface area contributed by atoms with Gasteiger partial charge in [0, 0.05) is 16.9 Å². The van der Waals surface area contributed by atoms with Gasteiger partial charge in [0.05, 0.1) is 12.4 Å². The standard InChI is InChI=1S/C17H17ClN8O2S/c1-2-28-14(27)11-7-21-17(25-13(11)19)29-8-12-23-15(20)26-16(24-12)22-10-5-3-9(18)4-6-10/h3-7H,2,8H2,1H3,(H2,19,21,25)(H3,20,22,23,24,26). The number of hydrogen-bond acceptors (Lipinski definition) is 11. The number of nitrogens with two attached hydrogens (primary N) is 2. The van der Waals surface area contributed by atoms with Gasteiger partial charge in [-0.25, -0.2) is 14.8 Å². The van der Waals surface area contributed by atoms with Crippen molar-refractivity contribution in [1.29, 1.82) is 0 Å². The number of benzene rings is 1. The number of carbonyl (C=O) groups is 1. The van der Waals surface area contributed by atoms with Gasteiger partial charge in [-0.15, -0.1) is 0 Å². The molecule has 3 rings (SSSR count). The second kappa shape index (κ2) is 9.34. The predicted octanol–water partition coefficient (Wildman–Crippen LogP) is 2.69. The molecule has 0 amide bonds. The van der Waals surface area contributed by atoms with Crippen LogP contribution in [0.5, 0.6) is 0 Å². The number of nitrogen functional groups attached to an aromatic ring is 2. The average molecular weight is 433 g/mol. The van der Waals surface area contributed by atoms with Gasteiger partial charge in [0.2, 0.25) is 11.9 Å². The van der Waals surface area contributed by atoms with E-state index in [1.807, 2.05) is 0 Å². The molecule has 0 radical (unpaired) electrons. The van der Waals surface area contributed by atoms with Crippen LogP contribution >= 0.6 is 23.4 Å². The number of thioether (sulfide) groups is 1. The Labute approximate surface area is 175 Å². The zero-order valence-corrected chi connectivity index (χ0v) is 16.9. The van der Waals surface area contributed by atoms with Gasteiger partial charge in [-0.1, -0.05) is 23.4 Å². The summed E-state index contributed by atoms with van der Waals surface area (Å²) < 4.78 is 4.90. The summed E-state index contributed by atoms with van der Waals surface area (Å²) in [5.41, 5.74) is 12.5. The van der Waals surface area contributed by atoms with Crippen LogP contribution in [0, 0.1) is 0 Å². The number of carbonyl (C=O) groups excluding carboxylic acids is 1. The molecule has 0 spiro atoms. The van der Waals surface area contributed by atoms with E-state index in [0.717, 1.165) is 5.69 Å². The first-order valence-corrected chi connectivity index (χ1v) is 9.76. The predicted molar refractivity (Wildman–Crippen MR) is 111 cm³/mol. The number of halogens is 1. The van der Waals surface area contributed by atoms with E-state index in [0.29, 0.717) is 27.7 Å². The Morgan fingerprint density at radius 2 is 1.93 bits per heavy atom. The summed E-state index contributed by atoms with van der Waals surface area (Å²) in [6, 6.07) is 7.07. The molecule has 29 heavy (non-hydrogen) atoms. The molecule has 12 heteroatoms. The van der Waals surface area contributed by atoms with E-state index in [9.17, 15) is 4.79 Å². The minimum absolute atomic E-state index is 0.0428. The lowest BCUT2D eigenvalue weighted by Crippen LogP contribution is -2.11. The molecule has 150 valence electrons. The fourth-order valence-electron chi connectivity index (χ4n) is 2.16. The molecule has 0 aliphatic rings. The second-order valence-electron chi connectivity index (χ2n) is 5.53. The molecule has 0 aliphatic heterocycles. The molecule has 0 atom stereocenters. The normalized spacial score (nSPS) is 10.6. The van der Waals surface area contributed by atoms with Crippen LogP contribution in [0.1, 0.15) is 23.1 Å². The fraction of sp³-hybridized carbons (Fsp3) is 0.176. The monoisotopic (exact) mass is 432 g/mol. The molecule has 10 nitrogen and oxygen atoms in total. The van der Waals surface area contributed by atoms with Crippen LogP contribution in [0.2, 0.25) is 5.02 Å². The second-order valence-corrected chi connectivity index (χ2v) is 6.90. The number of hydrogen-bond donors (Lipinski definition) is 3. The summed E-state index contributed by atoms with van der Waals surface area (Å²) in [4.78, 5) is 32.5. The highest BCUT2D eigenvalue weighted by Crippen LogP contribution is 2.22.